The molecule has 1 aliphatic carbocycles. The number of benzene rings is 1. The van der Waals surface area contributed by atoms with E-state index in [4.69, 9.17) is 4.74 Å². The first-order valence-electron chi connectivity index (χ1n) is 10.7. The molecule has 0 atom stereocenters. The number of likely N-dealkylation sites (N-methyl/N-ethyl adjacent to an activating group) is 1. The highest BCUT2D eigenvalue weighted by Crippen LogP contribution is 2.33. The van der Waals surface area contributed by atoms with Crippen LogP contribution in [0.15, 0.2) is 35.4 Å². The summed E-state index contributed by atoms with van der Waals surface area (Å²) in [7, 11) is 1.63. The summed E-state index contributed by atoms with van der Waals surface area (Å²) >= 11 is 1.58. The molecule has 32 heavy (non-hydrogen) atoms. The minimum atomic E-state index is -0.419. The zero-order valence-corrected chi connectivity index (χ0v) is 19.0. The highest BCUT2D eigenvalue weighted by molar-refractivity contribution is 7.18. The average molecular weight is 455 g/mol. The first-order chi connectivity index (χ1) is 15.5. The fraction of sp³-hybridized carbons (Fsp3) is 0.391. The zero-order valence-electron chi connectivity index (χ0n) is 18.2. The van der Waals surface area contributed by atoms with Crippen LogP contribution in [0.25, 0.3) is 10.2 Å². The fourth-order valence-corrected chi connectivity index (χ4v) is 5.16. The Morgan fingerprint density at radius 3 is 2.84 bits per heavy atom. The number of nitrogens with one attached hydrogen (secondary N) is 1. The Labute approximate surface area is 189 Å². The van der Waals surface area contributed by atoms with E-state index in [0.717, 1.165) is 36.1 Å². The Hall–Kier alpha value is -3.20. The molecule has 1 N–H and O–H groups in total. The van der Waals surface area contributed by atoms with Crippen LogP contribution >= 0.6 is 11.3 Å². The number of hydrogen-bond acceptors (Lipinski definition) is 6. The molecule has 0 saturated carbocycles. The van der Waals surface area contributed by atoms with Gasteiger partial charge in [-0.1, -0.05) is 12.1 Å². The van der Waals surface area contributed by atoms with Crippen LogP contribution in [0.4, 0.5) is 5.69 Å². The van der Waals surface area contributed by atoms with E-state index in [1.807, 2.05) is 19.1 Å². The molecule has 2 heterocycles. The molecule has 0 radical (unpaired) electrons. The van der Waals surface area contributed by atoms with Gasteiger partial charge in [0, 0.05) is 11.9 Å². The molecule has 0 spiro atoms. The summed E-state index contributed by atoms with van der Waals surface area (Å²) in [6, 6.07) is 7.23. The van der Waals surface area contributed by atoms with Gasteiger partial charge < -0.3 is 15.0 Å². The van der Waals surface area contributed by atoms with Gasteiger partial charge in [0.05, 0.1) is 30.6 Å². The van der Waals surface area contributed by atoms with Crippen LogP contribution in [0.5, 0.6) is 5.75 Å². The van der Waals surface area contributed by atoms with E-state index in [1.165, 1.54) is 20.7 Å². The van der Waals surface area contributed by atoms with Crippen LogP contribution in [0.3, 0.4) is 0 Å². The maximum atomic E-state index is 13.0. The van der Waals surface area contributed by atoms with E-state index >= 15 is 0 Å². The van der Waals surface area contributed by atoms with Crippen LogP contribution in [0.1, 0.15) is 30.2 Å². The number of fused-ring (bicyclic) bond motifs is 3. The Morgan fingerprint density at radius 2 is 2.03 bits per heavy atom. The standard InChI is InChI=1S/C23H26N4O4S/c1-3-31-17-10-6-5-9-16(17)26(2)20(29)12-24-19(28)13-27-14-25-22-21(23(27)30)15-8-4-7-11-18(15)32-22/h5-6,9-10,14H,3-4,7-8,11-13H2,1-2H3,(H,24,28). The molecule has 0 fully saturated rings. The number of aryl methyl sites for hydroxylation is 2. The third-order valence-electron chi connectivity index (χ3n) is 5.59. The lowest BCUT2D eigenvalue weighted by molar-refractivity contribution is -0.125. The second-order valence-electron chi connectivity index (χ2n) is 7.70. The van der Waals surface area contributed by atoms with Crippen LogP contribution < -0.4 is 20.5 Å². The lowest BCUT2D eigenvalue weighted by atomic mass is 9.97. The molecule has 1 aromatic carbocycles. The fourth-order valence-electron chi connectivity index (χ4n) is 3.94. The van der Waals surface area contributed by atoms with Gasteiger partial charge in [0.25, 0.3) is 5.56 Å². The second kappa shape index (κ2) is 9.52. The summed E-state index contributed by atoms with van der Waals surface area (Å²) in [6.45, 7) is 1.99. The number of ether oxygens (including phenoxy) is 1. The Morgan fingerprint density at radius 1 is 1.25 bits per heavy atom. The molecular weight excluding hydrogens is 428 g/mol. The number of carbonyl (C=O) groups excluding carboxylic acids is 2. The quantitative estimate of drug-likeness (QED) is 0.592. The minimum absolute atomic E-state index is 0.182. The van der Waals surface area contributed by atoms with Crippen molar-refractivity contribution in [3.63, 3.8) is 0 Å². The van der Waals surface area contributed by atoms with E-state index in [1.54, 1.807) is 30.5 Å². The molecule has 9 heteroatoms. The number of anilines is 1. The number of rotatable bonds is 7. The highest BCUT2D eigenvalue weighted by Gasteiger charge is 2.21. The summed E-state index contributed by atoms with van der Waals surface area (Å²) in [4.78, 5) is 45.9. The summed E-state index contributed by atoms with van der Waals surface area (Å²) in [5.74, 6) is -0.113. The lowest BCUT2D eigenvalue weighted by Crippen LogP contribution is -2.40. The average Bonchev–Trinajstić information content (AvgIpc) is 3.19. The first-order valence-corrected chi connectivity index (χ1v) is 11.6. The van der Waals surface area contributed by atoms with Crippen molar-refractivity contribution in [3.05, 3.63) is 51.4 Å². The number of nitrogens with zero attached hydrogens (tertiary/aromatic N) is 3. The van der Waals surface area contributed by atoms with Gasteiger partial charge in [-0.15, -0.1) is 11.3 Å². The molecular formula is C23H26N4O4S. The lowest BCUT2D eigenvalue weighted by Gasteiger charge is -2.20. The van der Waals surface area contributed by atoms with Gasteiger partial charge in [0.1, 0.15) is 17.1 Å². The van der Waals surface area contributed by atoms with Crippen LogP contribution in [-0.2, 0) is 29.0 Å². The van der Waals surface area contributed by atoms with Crippen molar-refractivity contribution in [2.45, 2.75) is 39.2 Å². The largest absolute Gasteiger partial charge is 0.492 e. The molecule has 2 aromatic heterocycles. The number of carbonyl (C=O) groups is 2. The van der Waals surface area contributed by atoms with Crippen LogP contribution in [-0.4, -0.2) is 41.6 Å². The van der Waals surface area contributed by atoms with E-state index in [9.17, 15) is 14.4 Å². The van der Waals surface area contributed by atoms with Crippen molar-refractivity contribution in [1.29, 1.82) is 0 Å². The van der Waals surface area contributed by atoms with Crippen molar-refractivity contribution >= 4 is 39.1 Å². The van der Waals surface area contributed by atoms with Crippen molar-refractivity contribution < 1.29 is 14.3 Å². The summed E-state index contributed by atoms with van der Waals surface area (Å²) in [6.07, 6.45) is 5.48. The molecule has 168 valence electrons. The van der Waals surface area contributed by atoms with Gasteiger partial charge in [-0.25, -0.2) is 4.98 Å². The van der Waals surface area contributed by atoms with E-state index in [-0.39, 0.29) is 24.6 Å². The topological polar surface area (TPSA) is 93.5 Å². The van der Waals surface area contributed by atoms with Gasteiger partial charge in [0.2, 0.25) is 11.8 Å². The monoisotopic (exact) mass is 454 g/mol. The maximum Gasteiger partial charge on any atom is 0.262 e. The van der Waals surface area contributed by atoms with E-state index in [0.29, 0.717) is 23.4 Å². The Bertz CT molecular complexity index is 1220. The number of thiophene rings is 1. The Balaban J connectivity index is 1.42. The smallest absolute Gasteiger partial charge is 0.262 e. The predicted molar refractivity (Wildman–Crippen MR) is 125 cm³/mol. The number of aromatic nitrogens is 2. The predicted octanol–water partition coefficient (Wildman–Crippen LogP) is 2.51. The highest BCUT2D eigenvalue weighted by atomic mass is 32.1. The van der Waals surface area contributed by atoms with Gasteiger partial charge >= 0.3 is 0 Å². The third-order valence-corrected chi connectivity index (χ3v) is 6.79. The van der Waals surface area contributed by atoms with Crippen molar-refractivity contribution in [1.82, 2.24) is 14.9 Å². The van der Waals surface area contributed by atoms with E-state index in [2.05, 4.69) is 10.3 Å². The van der Waals surface area contributed by atoms with E-state index < -0.39 is 5.91 Å². The van der Waals surface area contributed by atoms with Gasteiger partial charge in [-0.3, -0.25) is 19.0 Å². The van der Waals surface area contributed by atoms with Crippen molar-refractivity contribution in [2.75, 3.05) is 25.1 Å². The molecule has 4 rings (SSSR count). The van der Waals surface area contributed by atoms with Crippen molar-refractivity contribution in [3.8, 4) is 5.75 Å². The third kappa shape index (κ3) is 4.38. The summed E-state index contributed by atoms with van der Waals surface area (Å²) < 4.78 is 6.89. The summed E-state index contributed by atoms with van der Waals surface area (Å²) in [5.41, 5.74) is 1.52. The minimum Gasteiger partial charge on any atom is -0.492 e. The van der Waals surface area contributed by atoms with Crippen LogP contribution in [0.2, 0.25) is 0 Å². The van der Waals surface area contributed by atoms with Crippen LogP contribution in [0, 0.1) is 0 Å². The first kappa shape index (κ1) is 22.0. The molecule has 2 amide bonds. The molecule has 8 nitrogen and oxygen atoms in total. The molecule has 1 aliphatic rings. The number of hydrogen-bond donors (Lipinski definition) is 1. The van der Waals surface area contributed by atoms with Crippen molar-refractivity contribution in [2.24, 2.45) is 0 Å². The van der Waals surface area contributed by atoms with Gasteiger partial charge in [0.15, 0.2) is 0 Å². The normalized spacial score (nSPS) is 12.9. The second-order valence-corrected chi connectivity index (χ2v) is 8.78. The zero-order chi connectivity index (χ0) is 22.7. The van der Waals surface area contributed by atoms with Gasteiger partial charge in [-0.05, 0) is 50.3 Å². The summed E-state index contributed by atoms with van der Waals surface area (Å²) in [5, 5.41) is 3.25. The number of para-hydroxylation sites is 2. The molecule has 3 aromatic rings. The number of amides is 2. The Kier molecular flexibility index (Phi) is 6.55. The maximum absolute atomic E-state index is 13.0. The molecule has 0 unspecified atom stereocenters. The molecule has 0 aliphatic heterocycles. The SMILES string of the molecule is CCOc1ccccc1N(C)C(=O)CNC(=O)Cn1cnc2sc3c(c2c1=O)CCCC3. The molecule has 0 bridgehead atoms. The van der Waals surface area contributed by atoms with Gasteiger partial charge in [-0.2, -0.15) is 0 Å². The molecule has 0 saturated heterocycles.